The Hall–Kier alpha value is -1.77. The number of hydrogen-bond acceptors (Lipinski definition) is 3. The molecule has 3 heteroatoms. The SMILES string of the molecule is CCOC(=O)C=C(O)c1ccc(C(C)C)cc1. The van der Waals surface area contributed by atoms with Crippen molar-refractivity contribution in [3.05, 3.63) is 41.5 Å². The maximum absolute atomic E-state index is 11.1. The molecule has 3 nitrogen and oxygen atoms in total. The van der Waals surface area contributed by atoms with Gasteiger partial charge in [0.15, 0.2) is 0 Å². The Balaban J connectivity index is 2.82. The zero-order chi connectivity index (χ0) is 12.8. The third kappa shape index (κ3) is 3.94. The predicted octanol–water partition coefficient (Wildman–Crippen LogP) is 3.27. The van der Waals surface area contributed by atoms with E-state index in [2.05, 4.69) is 13.8 Å². The molecule has 0 aromatic heterocycles. The monoisotopic (exact) mass is 234 g/mol. The topological polar surface area (TPSA) is 46.5 Å². The van der Waals surface area contributed by atoms with E-state index in [4.69, 9.17) is 4.74 Å². The van der Waals surface area contributed by atoms with E-state index < -0.39 is 5.97 Å². The van der Waals surface area contributed by atoms with Crippen molar-refractivity contribution in [1.29, 1.82) is 0 Å². The minimum Gasteiger partial charge on any atom is -0.507 e. The molecule has 0 aliphatic heterocycles. The van der Waals surface area contributed by atoms with Crippen LogP contribution in [-0.4, -0.2) is 17.7 Å². The van der Waals surface area contributed by atoms with Crippen LogP contribution in [-0.2, 0) is 9.53 Å². The van der Waals surface area contributed by atoms with E-state index in [0.29, 0.717) is 18.1 Å². The lowest BCUT2D eigenvalue weighted by Crippen LogP contribution is -2.01. The second-order valence-corrected chi connectivity index (χ2v) is 4.06. The number of carbonyl (C=O) groups excluding carboxylic acids is 1. The summed E-state index contributed by atoms with van der Waals surface area (Å²) < 4.78 is 4.72. The molecule has 0 amide bonds. The number of esters is 1. The number of rotatable bonds is 4. The van der Waals surface area contributed by atoms with Gasteiger partial charge in [0.05, 0.1) is 12.7 Å². The van der Waals surface area contributed by atoms with Crippen molar-refractivity contribution >= 4 is 11.7 Å². The summed E-state index contributed by atoms with van der Waals surface area (Å²) in [5.74, 6) is -0.156. The molecule has 0 radical (unpaired) electrons. The minimum atomic E-state index is -0.530. The van der Waals surface area contributed by atoms with E-state index >= 15 is 0 Å². The van der Waals surface area contributed by atoms with Crippen molar-refractivity contribution in [2.24, 2.45) is 0 Å². The van der Waals surface area contributed by atoms with Crippen LogP contribution in [0.2, 0.25) is 0 Å². The normalized spacial score (nSPS) is 11.6. The van der Waals surface area contributed by atoms with Gasteiger partial charge in [0.1, 0.15) is 5.76 Å². The van der Waals surface area contributed by atoms with Gasteiger partial charge in [-0.05, 0) is 18.4 Å². The van der Waals surface area contributed by atoms with Gasteiger partial charge in [-0.15, -0.1) is 0 Å². The smallest absolute Gasteiger partial charge is 0.334 e. The Morgan fingerprint density at radius 2 is 1.94 bits per heavy atom. The van der Waals surface area contributed by atoms with Crippen LogP contribution in [0.1, 0.15) is 37.8 Å². The van der Waals surface area contributed by atoms with Gasteiger partial charge in [-0.25, -0.2) is 4.79 Å². The van der Waals surface area contributed by atoms with Gasteiger partial charge in [-0.2, -0.15) is 0 Å². The van der Waals surface area contributed by atoms with Gasteiger partial charge in [0.25, 0.3) is 0 Å². The summed E-state index contributed by atoms with van der Waals surface area (Å²) in [7, 11) is 0. The van der Waals surface area contributed by atoms with Gasteiger partial charge in [-0.3, -0.25) is 0 Å². The van der Waals surface area contributed by atoms with Gasteiger partial charge < -0.3 is 9.84 Å². The molecule has 1 aromatic rings. The quantitative estimate of drug-likeness (QED) is 0.494. The predicted molar refractivity (Wildman–Crippen MR) is 67.8 cm³/mol. The maximum Gasteiger partial charge on any atom is 0.334 e. The molecule has 0 saturated heterocycles. The summed E-state index contributed by atoms with van der Waals surface area (Å²) in [6.07, 6.45) is 1.09. The number of hydrogen-bond donors (Lipinski definition) is 1. The molecule has 0 aliphatic carbocycles. The van der Waals surface area contributed by atoms with Crippen molar-refractivity contribution in [3.63, 3.8) is 0 Å². The Morgan fingerprint density at radius 3 is 2.41 bits per heavy atom. The van der Waals surface area contributed by atoms with Crippen LogP contribution in [0, 0.1) is 0 Å². The van der Waals surface area contributed by atoms with E-state index in [1.165, 1.54) is 5.56 Å². The number of aliphatic hydroxyl groups is 1. The molecule has 92 valence electrons. The Kier molecular flexibility index (Phi) is 4.76. The third-order valence-electron chi connectivity index (χ3n) is 2.41. The fourth-order valence-electron chi connectivity index (χ4n) is 1.42. The third-order valence-corrected chi connectivity index (χ3v) is 2.41. The van der Waals surface area contributed by atoms with Gasteiger partial charge in [0, 0.05) is 5.56 Å². The minimum absolute atomic E-state index is 0.0706. The summed E-state index contributed by atoms with van der Waals surface area (Å²) >= 11 is 0. The largest absolute Gasteiger partial charge is 0.507 e. The molecule has 0 fully saturated rings. The first-order valence-electron chi connectivity index (χ1n) is 5.72. The van der Waals surface area contributed by atoms with Crippen LogP contribution in [0.15, 0.2) is 30.3 Å². The first-order valence-corrected chi connectivity index (χ1v) is 5.72. The number of benzene rings is 1. The zero-order valence-electron chi connectivity index (χ0n) is 10.4. The van der Waals surface area contributed by atoms with Crippen molar-refractivity contribution < 1.29 is 14.6 Å². The molecule has 1 N–H and O–H groups in total. The van der Waals surface area contributed by atoms with Gasteiger partial charge in [0.2, 0.25) is 0 Å². The van der Waals surface area contributed by atoms with Crippen LogP contribution in [0.5, 0.6) is 0 Å². The van der Waals surface area contributed by atoms with Crippen LogP contribution >= 0.6 is 0 Å². The molecular weight excluding hydrogens is 216 g/mol. The highest BCUT2D eigenvalue weighted by molar-refractivity contribution is 5.89. The Bertz CT molecular complexity index is 402. The van der Waals surface area contributed by atoms with E-state index in [1.54, 1.807) is 19.1 Å². The molecule has 0 spiro atoms. The summed E-state index contributed by atoms with van der Waals surface area (Å²) in [5, 5.41) is 9.71. The van der Waals surface area contributed by atoms with Gasteiger partial charge >= 0.3 is 5.97 Å². The first kappa shape index (κ1) is 13.3. The van der Waals surface area contributed by atoms with Gasteiger partial charge in [-0.1, -0.05) is 38.1 Å². The van der Waals surface area contributed by atoms with Crippen molar-refractivity contribution in [2.45, 2.75) is 26.7 Å². The number of ether oxygens (including phenoxy) is 1. The standard InChI is InChI=1S/C14H18O3/c1-4-17-14(16)9-13(15)12-7-5-11(6-8-12)10(2)3/h5-10,15H,4H2,1-3H3. The lowest BCUT2D eigenvalue weighted by molar-refractivity contribution is -0.137. The molecule has 17 heavy (non-hydrogen) atoms. The molecule has 0 atom stereocenters. The zero-order valence-corrected chi connectivity index (χ0v) is 10.4. The molecule has 1 rings (SSSR count). The molecule has 0 aliphatic rings. The lowest BCUT2D eigenvalue weighted by Gasteiger charge is -2.06. The highest BCUT2D eigenvalue weighted by Crippen LogP contribution is 2.18. The number of carbonyl (C=O) groups is 1. The van der Waals surface area contributed by atoms with Crippen LogP contribution < -0.4 is 0 Å². The number of aliphatic hydroxyl groups excluding tert-OH is 1. The average Bonchev–Trinajstić information content (AvgIpc) is 2.29. The van der Waals surface area contributed by atoms with E-state index in [1.807, 2.05) is 12.1 Å². The van der Waals surface area contributed by atoms with E-state index in [0.717, 1.165) is 6.08 Å². The van der Waals surface area contributed by atoms with Crippen molar-refractivity contribution in [1.82, 2.24) is 0 Å². The van der Waals surface area contributed by atoms with Crippen LogP contribution in [0.3, 0.4) is 0 Å². The second kappa shape index (κ2) is 6.09. The molecule has 0 heterocycles. The van der Waals surface area contributed by atoms with Crippen molar-refractivity contribution in [3.8, 4) is 0 Å². The second-order valence-electron chi connectivity index (χ2n) is 4.06. The maximum atomic E-state index is 11.1. The fraction of sp³-hybridized carbons (Fsp3) is 0.357. The summed E-state index contributed by atoms with van der Waals surface area (Å²) in [4.78, 5) is 11.1. The Morgan fingerprint density at radius 1 is 1.35 bits per heavy atom. The molecular formula is C14H18O3. The van der Waals surface area contributed by atoms with E-state index in [9.17, 15) is 9.90 Å². The van der Waals surface area contributed by atoms with Crippen LogP contribution in [0.4, 0.5) is 0 Å². The lowest BCUT2D eigenvalue weighted by atomic mass is 10.0. The van der Waals surface area contributed by atoms with Crippen molar-refractivity contribution in [2.75, 3.05) is 6.61 Å². The average molecular weight is 234 g/mol. The fourth-order valence-corrected chi connectivity index (χ4v) is 1.42. The summed E-state index contributed by atoms with van der Waals surface area (Å²) in [6, 6.07) is 7.46. The molecule has 0 saturated carbocycles. The molecule has 1 aromatic carbocycles. The van der Waals surface area contributed by atoms with E-state index in [-0.39, 0.29) is 5.76 Å². The summed E-state index contributed by atoms with van der Waals surface area (Å²) in [6.45, 7) is 6.22. The van der Waals surface area contributed by atoms with Crippen LogP contribution in [0.25, 0.3) is 5.76 Å². The summed E-state index contributed by atoms with van der Waals surface area (Å²) in [5.41, 5.74) is 1.81. The first-order chi connectivity index (χ1) is 8.04. The molecule has 0 bridgehead atoms. The highest BCUT2D eigenvalue weighted by Gasteiger charge is 2.04. The molecule has 0 unspecified atom stereocenters. The Labute approximate surface area is 102 Å². The highest BCUT2D eigenvalue weighted by atomic mass is 16.5.